The smallest absolute Gasteiger partial charge is 0.244 e. The summed E-state index contributed by atoms with van der Waals surface area (Å²) in [5.41, 5.74) is 5.77. The lowest BCUT2D eigenvalue weighted by Gasteiger charge is -2.24. The molecule has 1 aliphatic rings. The molecule has 0 radical (unpaired) electrons. The van der Waals surface area contributed by atoms with Crippen molar-refractivity contribution in [1.82, 2.24) is 5.32 Å². The van der Waals surface area contributed by atoms with Gasteiger partial charge in [-0.1, -0.05) is 30.3 Å². The maximum atomic E-state index is 12.1. The van der Waals surface area contributed by atoms with Gasteiger partial charge in [0.2, 0.25) is 5.91 Å². The Bertz CT molecular complexity index is 413. The van der Waals surface area contributed by atoms with Gasteiger partial charge in [-0.2, -0.15) is 0 Å². The lowest BCUT2D eigenvalue weighted by molar-refractivity contribution is -0.126. The van der Waals surface area contributed by atoms with Crippen molar-refractivity contribution >= 4 is 5.91 Å². The average Bonchev–Trinajstić information content (AvgIpc) is 3.20. The van der Waals surface area contributed by atoms with E-state index in [1.165, 1.54) is 0 Å². The molecule has 1 amide bonds. The van der Waals surface area contributed by atoms with E-state index in [2.05, 4.69) is 5.32 Å². The van der Waals surface area contributed by atoms with Gasteiger partial charge in [0.15, 0.2) is 0 Å². The van der Waals surface area contributed by atoms with Crippen molar-refractivity contribution in [1.29, 1.82) is 0 Å². The van der Waals surface area contributed by atoms with Gasteiger partial charge in [-0.05, 0) is 31.2 Å². The molecule has 1 aromatic rings. The number of aliphatic hydroxyl groups is 1. The number of carbonyl (C=O) groups excluding carboxylic acids is 1. The third-order valence-corrected chi connectivity index (χ3v) is 3.48. The maximum Gasteiger partial charge on any atom is 0.244 e. The molecule has 0 bridgehead atoms. The molecule has 2 atom stereocenters. The lowest BCUT2D eigenvalue weighted by Crippen LogP contribution is -2.50. The summed E-state index contributed by atoms with van der Waals surface area (Å²) in [6.07, 6.45) is 1.66. The lowest BCUT2D eigenvalue weighted by atomic mass is 9.92. The third kappa shape index (κ3) is 2.89. The van der Waals surface area contributed by atoms with E-state index < -0.39 is 11.6 Å². The van der Waals surface area contributed by atoms with Gasteiger partial charge >= 0.3 is 0 Å². The van der Waals surface area contributed by atoms with Crippen LogP contribution in [0.4, 0.5) is 0 Å². The van der Waals surface area contributed by atoms with Crippen molar-refractivity contribution in [2.75, 3.05) is 6.54 Å². The molecule has 0 aliphatic heterocycles. The average molecular weight is 248 g/mol. The van der Waals surface area contributed by atoms with E-state index in [1.54, 1.807) is 6.92 Å². The van der Waals surface area contributed by atoms with Crippen LogP contribution in [-0.2, 0) is 10.3 Å². The zero-order chi connectivity index (χ0) is 13.2. The molecule has 1 fully saturated rings. The molecule has 1 saturated carbocycles. The Morgan fingerprint density at radius 2 is 2.11 bits per heavy atom. The van der Waals surface area contributed by atoms with E-state index in [4.69, 9.17) is 5.73 Å². The molecule has 4 heteroatoms. The summed E-state index contributed by atoms with van der Waals surface area (Å²) in [6.45, 7) is 1.96. The molecule has 4 nitrogen and oxygen atoms in total. The zero-order valence-corrected chi connectivity index (χ0v) is 10.6. The molecule has 18 heavy (non-hydrogen) atoms. The molecule has 1 aliphatic carbocycles. The second-order valence-electron chi connectivity index (χ2n) is 5.18. The van der Waals surface area contributed by atoms with Gasteiger partial charge < -0.3 is 16.2 Å². The second-order valence-corrected chi connectivity index (χ2v) is 5.18. The van der Waals surface area contributed by atoms with Crippen LogP contribution in [0.25, 0.3) is 0 Å². The van der Waals surface area contributed by atoms with Crippen LogP contribution in [0.2, 0.25) is 0 Å². The van der Waals surface area contributed by atoms with Crippen LogP contribution in [0.5, 0.6) is 0 Å². The molecule has 1 aromatic carbocycles. The monoisotopic (exact) mass is 248 g/mol. The number of hydrogen-bond acceptors (Lipinski definition) is 3. The number of carbonyl (C=O) groups is 1. The quantitative estimate of drug-likeness (QED) is 0.719. The van der Waals surface area contributed by atoms with Crippen LogP contribution >= 0.6 is 0 Å². The van der Waals surface area contributed by atoms with Crippen molar-refractivity contribution in [3.63, 3.8) is 0 Å². The fourth-order valence-electron chi connectivity index (χ4n) is 1.94. The summed E-state index contributed by atoms with van der Waals surface area (Å²) in [7, 11) is 0. The minimum atomic E-state index is -1.06. The minimum absolute atomic E-state index is 0.256. The molecular formula is C14H20N2O2. The van der Waals surface area contributed by atoms with Crippen LogP contribution in [0.3, 0.4) is 0 Å². The number of aliphatic hydroxyl groups excluding tert-OH is 1. The SMILES string of the molecule is CC(N)(C(=O)NCC(O)C1CC1)c1ccccc1. The Morgan fingerprint density at radius 1 is 1.50 bits per heavy atom. The highest BCUT2D eigenvalue weighted by atomic mass is 16.3. The Morgan fingerprint density at radius 3 is 2.67 bits per heavy atom. The summed E-state index contributed by atoms with van der Waals surface area (Å²) in [4.78, 5) is 12.1. The predicted molar refractivity (Wildman–Crippen MR) is 69.7 cm³/mol. The largest absolute Gasteiger partial charge is 0.391 e. The van der Waals surface area contributed by atoms with Gasteiger partial charge in [0.05, 0.1) is 6.10 Å². The molecule has 2 rings (SSSR count). The highest BCUT2D eigenvalue weighted by molar-refractivity contribution is 5.86. The molecule has 0 heterocycles. The molecule has 4 N–H and O–H groups in total. The normalized spacial score (nSPS) is 19.9. The first-order valence-electron chi connectivity index (χ1n) is 6.32. The zero-order valence-electron chi connectivity index (χ0n) is 10.6. The van der Waals surface area contributed by atoms with E-state index in [9.17, 15) is 9.90 Å². The fourth-order valence-corrected chi connectivity index (χ4v) is 1.94. The van der Waals surface area contributed by atoms with Gasteiger partial charge in [-0.15, -0.1) is 0 Å². The van der Waals surface area contributed by atoms with Gasteiger partial charge in [-0.3, -0.25) is 4.79 Å². The Hall–Kier alpha value is -1.39. The summed E-state index contributed by atoms with van der Waals surface area (Å²) in [5.74, 6) is 0.0967. The summed E-state index contributed by atoms with van der Waals surface area (Å²) in [6, 6.07) is 9.25. The van der Waals surface area contributed by atoms with Gasteiger partial charge in [0.1, 0.15) is 5.54 Å². The topological polar surface area (TPSA) is 75.4 Å². The standard InChI is InChI=1S/C14H20N2O2/c1-14(15,11-5-3-2-4-6-11)13(18)16-9-12(17)10-7-8-10/h2-6,10,12,17H,7-9,15H2,1H3,(H,16,18). The molecule has 0 aromatic heterocycles. The van der Waals surface area contributed by atoms with Crippen LogP contribution < -0.4 is 11.1 Å². The fraction of sp³-hybridized carbons (Fsp3) is 0.500. The van der Waals surface area contributed by atoms with E-state index in [0.717, 1.165) is 18.4 Å². The van der Waals surface area contributed by atoms with Crippen molar-refractivity contribution in [3.8, 4) is 0 Å². The van der Waals surface area contributed by atoms with Crippen molar-refractivity contribution in [2.45, 2.75) is 31.4 Å². The number of nitrogens with two attached hydrogens (primary N) is 1. The van der Waals surface area contributed by atoms with Crippen molar-refractivity contribution in [3.05, 3.63) is 35.9 Å². The Balaban J connectivity index is 1.94. The van der Waals surface area contributed by atoms with Gasteiger partial charge in [0.25, 0.3) is 0 Å². The molecular weight excluding hydrogens is 228 g/mol. The number of hydrogen-bond donors (Lipinski definition) is 3. The second kappa shape index (κ2) is 5.08. The number of rotatable bonds is 5. The highest BCUT2D eigenvalue weighted by Crippen LogP contribution is 2.32. The molecule has 0 saturated heterocycles. The first kappa shape index (κ1) is 13.1. The molecule has 98 valence electrons. The summed E-state index contributed by atoms with van der Waals surface area (Å²) < 4.78 is 0. The van der Waals surface area contributed by atoms with E-state index >= 15 is 0 Å². The maximum absolute atomic E-state index is 12.1. The van der Waals surface area contributed by atoms with Gasteiger partial charge in [0, 0.05) is 6.54 Å². The van der Waals surface area contributed by atoms with Crippen molar-refractivity contribution in [2.24, 2.45) is 11.7 Å². The van der Waals surface area contributed by atoms with Crippen LogP contribution in [0, 0.1) is 5.92 Å². The van der Waals surface area contributed by atoms with Crippen LogP contribution in [0.1, 0.15) is 25.3 Å². The summed E-state index contributed by atoms with van der Waals surface area (Å²) >= 11 is 0. The predicted octanol–water partition coefficient (Wildman–Crippen LogP) is 0.748. The first-order valence-corrected chi connectivity index (χ1v) is 6.32. The summed E-state index contributed by atoms with van der Waals surface area (Å²) in [5, 5.41) is 12.4. The van der Waals surface area contributed by atoms with E-state index in [-0.39, 0.29) is 12.5 Å². The van der Waals surface area contributed by atoms with Crippen LogP contribution in [-0.4, -0.2) is 23.7 Å². The van der Waals surface area contributed by atoms with Crippen molar-refractivity contribution < 1.29 is 9.90 Å². The Labute approximate surface area is 107 Å². The third-order valence-electron chi connectivity index (χ3n) is 3.48. The van der Waals surface area contributed by atoms with Crippen LogP contribution in [0.15, 0.2) is 30.3 Å². The molecule has 0 spiro atoms. The van der Waals surface area contributed by atoms with E-state index in [0.29, 0.717) is 5.92 Å². The number of nitrogens with one attached hydrogen (secondary N) is 1. The van der Waals surface area contributed by atoms with E-state index in [1.807, 2.05) is 30.3 Å². The highest BCUT2D eigenvalue weighted by Gasteiger charge is 2.33. The number of benzene rings is 1. The first-order chi connectivity index (χ1) is 8.51. The number of amides is 1. The van der Waals surface area contributed by atoms with Gasteiger partial charge in [-0.25, -0.2) is 0 Å². The Kier molecular flexibility index (Phi) is 3.68. The molecule has 2 unspecified atom stereocenters. The minimum Gasteiger partial charge on any atom is -0.391 e.